The molecule has 1 heterocycles. The molecule has 4 nitrogen and oxygen atoms in total. The standard InChI is InChI=1S/C22H15ClIN3OS2/c23-17-10-9-15(24)11-16(17)20(28)27-22(29)25-12-13-5-7-14(8-6-13)21-26-18-3-1-2-4-19(18)30-21/h1-11H,12H2,(H2,25,27,28,29). The molecule has 4 aromatic rings. The molecule has 8 heteroatoms. The van der Waals surface area contributed by atoms with Crippen molar-refractivity contribution in [2.75, 3.05) is 0 Å². The molecule has 0 saturated carbocycles. The second kappa shape index (κ2) is 9.38. The zero-order chi connectivity index (χ0) is 21.1. The third kappa shape index (κ3) is 4.97. The quantitative estimate of drug-likeness (QED) is 0.235. The maximum atomic E-state index is 12.4. The summed E-state index contributed by atoms with van der Waals surface area (Å²) >= 11 is 15.2. The molecule has 3 aromatic carbocycles. The summed E-state index contributed by atoms with van der Waals surface area (Å²) in [4.78, 5) is 17.1. The van der Waals surface area contributed by atoms with Crippen molar-refractivity contribution in [2.24, 2.45) is 0 Å². The molecule has 0 radical (unpaired) electrons. The fourth-order valence-corrected chi connectivity index (χ4v) is 4.66. The van der Waals surface area contributed by atoms with E-state index < -0.39 is 0 Å². The number of halogens is 2. The zero-order valence-electron chi connectivity index (χ0n) is 15.5. The molecule has 0 aliphatic rings. The molecular weight excluding hydrogens is 549 g/mol. The van der Waals surface area contributed by atoms with Gasteiger partial charge in [0.25, 0.3) is 5.91 Å². The minimum Gasteiger partial charge on any atom is -0.358 e. The molecule has 0 aliphatic carbocycles. The van der Waals surface area contributed by atoms with Crippen LogP contribution in [0.5, 0.6) is 0 Å². The van der Waals surface area contributed by atoms with Gasteiger partial charge in [-0.15, -0.1) is 11.3 Å². The van der Waals surface area contributed by atoms with Crippen molar-refractivity contribution in [3.63, 3.8) is 0 Å². The van der Waals surface area contributed by atoms with Gasteiger partial charge in [-0.1, -0.05) is 48.0 Å². The van der Waals surface area contributed by atoms with E-state index in [1.165, 1.54) is 4.70 Å². The average Bonchev–Trinajstić information content (AvgIpc) is 3.18. The van der Waals surface area contributed by atoms with Crippen LogP contribution in [0.3, 0.4) is 0 Å². The number of amides is 1. The van der Waals surface area contributed by atoms with Gasteiger partial charge in [0.2, 0.25) is 0 Å². The number of carbonyl (C=O) groups excluding carboxylic acids is 1. The fourth-order valence-electron chi connectivity index (χ4n) is 2.83. The lowest BCUT2D eigenvalue weighted by molar-refractivity contribution is 0.0976. The summed E-state index contributed by atoms with van der Waals surface area (Å²) in [5.41, 5.74) is 3.53. The summed E-state index contributed by atoms with van der Waals surface area (Å²) in [5, 5.41) is 7.37. The number of nitrogens with zero attached hydrogens (tertiary/aromatic N) is 1. The van der Waals surface area contributed by atoms with E-state index in [1.54, 1.807) is 23.5 Å². The number of benzene rings is 3. The minimum atomic E-state index is -0.331. The van der Waals surface area contributed by atoms with Gasteiger partial charge >= 0.3 is 0 Å². The molecule has 0 aliphatic heterocycles. The number of hydrogen-bond donors (Lipinski definition) is 2. The van der Waals surface area contributed by atoms with Crippen LogP contribution >= 0.6 is 57.7 Å². The summed E-state index contributed by atoms with van der Waals surface area (Å²) in [6.07, 6.45) is 0. The Morgan fingerprint density at radius 3 is 2.63 bits per heavy atom. The Bertz CT molecular complexity index is 1210. The minimum absolute atomic E-state index is 0.255. The van der Waals surface area contributed by atoms with E-state index in [2.05, 4.69) is 44.3 Å². The Labute approximate surface area is 201 Å². The van der Waals surface area contributed by atoms with Crippen molar-refractivity contribution in [2.45, 2.75) is 6.54 Å². The SMILES string of the molecule is O=C(NC(=S)NCc1ccc(-c2nc3ccccc3s2)cc1)c1cc(I)ccc1Cl. The lowest BCUT2D eigenvalue weighted by Crippen LogP contribution is -2.39. The predicted octanol–water partition coefficient (Wildman–Crippen LogP) is 6.03. The summed E-state index contributed by atoms with van der Waals surface area (Å²) < 4.78 is 2.10. The Morgan fingerprint density at radius 2 is 1.87 bits per heavy atom. The molecular formula is C22H15ClIN3OS2. The van der Waals surface area contributed by atoms with Crippen LogP contribution in [-0.4, -0.2) is 16.0 Å². The van der Waals surface area contributed by atoms with Crippen molar-refractivity contribution in [1.82, 2.24) is 15.6 Å². The Morgan fingerprint density at radius 1 is 1.10 bits per heavy atom. The van der Waals surface area contributed by atoms with Gasteiger partial charge in [0.05, 0.1) is 20.8 Å². The zero-order valence-corrected chi connectivity index (χ0v) is 20.0. The molecule has 0 fully saturated rings. The first-order valence-electron chi connectivity index (χ1n) is 8.99. The van der Waals surface area contributed by atoms with Crippen molar-refractivity contribution >= 4 is 79.0 Å². The summed E-state index contributed by atoms with van der Waals surface area (Å²) in [6, 6.07) is 21.5. The van der Waals surface area contributed by atoms with Gasteiger partial charge in [-0.2, -0.15) is 0 Å². The van der Waals surface area contributed by atoms with Crippen molar-refractivity contribution in [3.8, 4) is 10.6 Å². The lowest BCUT2D eigenvalue weighted by Gasteiger charge is -2.11. The first-order valence-corrected chi connectivity index (χ1v) is 11.7. The molecule has 1 amide bonds. The highest BCUT2D eigenvalue weighted by Crippen LogP contribution is 2.30. The Kier molecular flexibility index (Phi) is 6.62. The predicted molar refractivity (Wildman–Crippen MR) is 136 cm³/mol. The number of thiazole rings is 1. The van der Waals surface area contributed by atoms with E-state index in [-0.39, 0.29) is 11.0 Å². The summed E-state index contributed by atoms with van der Waals surface area (Å²) in [7, 11) is 0. The van der Waals surface area contributed by atoms with Crippen molar-refractivity contribution in [3.05, 3.63) is 86.4 Å². The van der Waals surface area contributed by atoms with Gasteiger partial charge in [0.15, 0.2) is 5.11 Å². The number of para-hydroxylation sites is 1. The van der Waals surface area contributed by atoms with E-state index >= 15 is 0 Å². The van der Waals surface area contributed by atoms with Crippen LogP contribution in [-0.2, 0) is 6.54 Å². The molecule has 4 rings (SSSR count). The Hall–Kier alpha value is -2.07. The van der Waals surface area contributed by atoms with E-state index in [1.807, 2.05) is 48.5 Å². The second-order valence-electron chi connectivity index (χ2n) is 6.44. The molecule has 0 spiro atoms. The molecule has 1 aromatic heterocycles. The number of hydrogen-bond acceptors (Lipinski definition) is 4. The van der Waals surface area contributed by atoms with Crippen LogP contribution in [0.1, 0.15) is 15.9 Å². The molecule has 0 unspecified atom stereocenters. The second-order valence-corrected chi connectivity index (χ2v) is 9.54. The van der Waals surface area contributed by atoms with Gasteiger partial charge in [0, 0.05) is 15.7 Å². The molecule has 150 valence electrons. The first kappa shape index (κ1) is 21.2. The monoisotopic (exact) mass is 563 g/mol. The molecule has 0 atom stereocenters. The van der Waals surface area contributed by atoms with Crippen LogP contribution in [0.25, 0.3) is 20.8 Å². The third-order valence-electron chi connectivity index (χ3n) is 4.35. The number of rotatable bonds is 4. The van der Waals surface area contributed by atoms with E-state index in [0.29, 0.717) is 17.1 Å². The van der Waals surface area contributed by atoms with Crippen LogP contribution in [0.4, 0.5) is 0 Å². The highest BCUT2D eigenvalue weighted by Gasteiger charge is 2.12. The van der Waals surface area contributed by atoms with E-state index in [9.17, 15) is 4.79 Å². The lowest BCUT2D eigenvalue weighted by atomic mass is 10.1. The largest absolute Gasteiger partial charge is 0.358 e. The van der Waals surface area contributed by atoms with Crippen LogP contribution in [0.15, 0.2) is 66.7 Å². The van der Waals surface area contributed by atoms with Crippen LogP contribution < -0.4 is 10.6 Å². The van der Waals surface area contributed by atoms with Gasteiger partial charge in [-0.05, 0) is 70.7 Å². The molecule has 0 bridgehead atoms. The smallest absolute Gasteiger partial charge is 0.258 e. The Balaban J connectivity index is 1.36. The highest BCUT2D eigenvalue weighted by atomic mass is 127. The van der Waals surface area contributed by atoms with Crippen LogP contribution in [0, 0.1) is 3.57 Å². The van der Waals surface area contributed by atoms with Crippen molar-refractivity contribution < 1.29 is 4.79 Å². The maximum absolute atomic E-state index is 12.4. The molecule has 30 heavy (non-hydrogen) atoms. The molecule has 0 saturated heterocycles. The average molecular weight is 564 g/mol. The number of carbonyl (C=O) groups is 1. The maximum Gasteiger partial charge on any atom is 0.258 e. The fraction of sp³-hybridized carbons (Fsp3) is 0.0455. The van der Waals surface area contributed by atoms with Crippen molar-refractivity contribution in [1.29, 1.82) is 0 Å². The number of fused-ring (bicyclic) bond motifs is 1. The summed E-state index contributed by atoms with van der Waals surface area (Å²) in [6.45, 7) is 0.499. The third-order valence-corrected chi connectivity index (χ3v) is 6.68. The topological polar surface area (TPSA) is 54.0 Å². The van der Waals surface area contributed by atoms with Gasteiger partial charge in [-0.3, -0.25) is 10.1 Å². The van der Waals surface area contributed by atoms with Gasteiger partial charge in [0.1, 0.15) is 5.01 Å². The van der Waals surface area contributed by atoms with Gasteiger partial charge < -0.3 is 5.32 Å². The summed E-state index contributed by atoms with van der Waals surface area (Å²) in [5.74, 6) is -0.331. The normalized spacial score (nSPS) is 10.7. The first-order chi connectivity index (χ1) is 14.5. The number of aromatic nitrogens is 1. The van der Waals surface area contributed by atoms with E-state index in [4.69, 9.17) is 23.8 Å². The highest BCUT2D eigenvalue weighted by molar-refractivity contribution is 14.1. The van der Waals surface area contributed by atoms with Crippen LogP contribution in [0.2, 0.25) is 5.02 Å². The number of thiocarbonyl (C=S) groups is 1. The van der Waals surface area contributed by atoms with E-state index in [0.717, 1.165) is 25.2 Å². The number of nitrogens with one attached hydrogen (secondary N) is 2. The molecule has 2 N–H and O–H groups in total. The van der Waals surface area contributed by atoms with Gasteiger partial charge in [-0.25, -0.2) is 4.98 Å².